The van der Waals surface area contributed by atoms with E-state index in [9.17, 15) is 0 Å². The van der Waals surface area contributed by atoms with E-state index in [-0.39, 0.29) is 0 Å². The first kappa shape index (κ1) is 16.3. The van der Waals surface area contributed by atoms with Crippen molar-refractivity contribution >= 4 is 27.4 Å². The first-order valence-electron chi connectivity index (χ1n) is 8.55. The molecule has 1 N–H and O–H groups in total. The number of aromatic nitrogens is 2. The van der Waals surface area contributed by atoms with Crippen molar-refractivity contribution in [3.63, 3.8) is 0 Å². The average molecular weight is 355 g/mol. The van der Waals surface area contributed by atoms with E-state index in [1.54, 1.807) is 13.4 Å². The molecule has 1 aliphatic rings. The lowest BCUT2D eigenvalue weighted by Gasteiger charge is -2.09. The Labute approximate surface area is 151 Å². The molecule has 0 fully saturated rings. The topological polar surface area (TPSA) is 56.3 Å². The van der Waals surface area contributed by atoms with Crippen LogP contribution in [0.2, 0.25) is 0 Å². The van der Waals surface area contributed by atoms with E-state index < -0.39 is 0 Å². The molecular formula is C19H21N3O2S. The predicted molar refractivity (Wildman–Crippen MR) is 101 cm³/mol. The van der Waals surface area contributed by atoms with E-state index in [1.165, 1.54) is 28.7 Å². The third kappa shape index (κ3) is 3.45. The minimum absolute atomic E-state index is 0.596. The van der Waals surface area contributed by atoms with Gasteiger partial charge in [0, 0.05) is 11.4 Å². The second-order valence-electron chi connectivity index (χ2n) is 6.09. The number of nitrogens with zero attached hydrogens (tertiary/aromatic N) is 2. The largest absolute Gasteiger partial charge is 0.497 e. The van der Waals surface area contributed by atoms with E-state index in [4.69, 9.17) is 9.47 Å². The normalized spacial score (nSPS) is 13.2. The molecule has 3 aromatic rings. The van der Waals surface area contributed by atoms with Gasteiger partial charge < -0.3 is 14.8 Å². The number of ether oxygens (including phenoxy) is 2. The molecule has 2 aromatic heterocycles. The second-order valence-corrected chi connectivity index (χ2v) is 7.17. The summed E-state index contributed by atoms with van der Waals surface area (Å²) in [4.78, 5) is 11.5. The van der Waals surface area contributed by atoms with E-state index in [2.05, 4.69) is 15.3 Å². The van der Waals surface area contributed by atoms with Crippen molar-refractivity contribution in [3.8, 4) is 5.75 Å². The number of fused-ring (bicyclic) bond motifs is 3. The molecule has 0 bridgehead atoms. The van der Waals surface area contributed by atoms with E-state index in [1.807, 2.05) is 35.6 Å². The van der Waals surface area contributed by atoms with E-state index in [0.717, 1.165) is 34.9 Å². The molecule has 0 aliphatic heterocycles. The SMILES string of the molecule is COc1ccc(COCCNc2ncnc3sc4c(c23)CCC4)cc1. The summed E-state index contributed by atoms with van der Waals surface area (Å²) >= 11 is 1.81. The molecule has 130 valence electrons. The Balaban J connectivity index is 1.32. The molecule has 0 unspecified atom stereocenters. The molecule has 0 radical (unpaired) electrons. The summed E-state index contributed by atoms with van der Waals surface area (Å²) < 4.78 is 10.9. The third-order valence-corrected chi connectivity index (χ3v) is 5.67. The standard InChI is InChI=1S/C19H21N3O2S/c1-23-14-7-5-13(6-8-14)11-24-10-9-20-18-17-15-3-2-4-16(15)25-19(17)22-12-21-18/h5-8,12H,2-4,9-11H2,1H3,(H,20,21,22). The van der Waals surface area contributed by atoms with Gasteiger partial charge in [-0.25, -0.2) is 9.97 Å². The second kappa shape index (κ2) is 7.37. The van der Waals surface area contributed by atoms with Gasteiger partial charge in [0.25, 0.3) is 0 Å². The van der Waals surface area contributed by atoms with Gasteiger partial charge in [-0.2, -0.15) is 0 Å². The Morgan fingerprint density at radius 1 is 1.16 bits per heavy atom. The molecule has 2 heterocycles. The fraction of sp³-hybridized carbons (Fsp3) is 0.368. The molecule has 25 heavy (non-hydrogen) atoms. The lowest BCUT2D eigenvalue weighted by atomic mass is 10.2. The molecule has 0 saturated carbocycles. The van der Waals surface area contributed by atoms with Gasteiger partial charge in [0.1, 0.15) is 22.7 Å². The molecule has 0 saturated heterocycles. The van der Waals surface area contributed by atoms with Gasteiger partial charge in [-0.1, -0.05) is 12.1 Å². The maximum Gasteiger partial charge on any atom is 0.138 e. The summed E-state index contributed by atoms with van der Waals surface area (Å²) in [5, 5.41) is 4.64. The van der Waals surface area contributed by atoms with Crippen LogP contribution in [0.5, 0.6) is 5.75 Å². The Morgan fingerprint density at radius 3 is 2.88 bits per heavy atom. The van der Waals surface area contributed by atoms with Gasteiger partial charge in [0.05, 0.1) is 25.7 Å². The third-order valence-electron chi connectivity index (χ3n) is 4.47. The van der Waals surface area contributed by atoms with Crippen molar-refractivity contribution in [3.05, 3.63) is 46.6 Å². The maximum atomic E-state index is 5.76. The number of nitrogens with one attached hydrogen (secondary N) is 1. The van der Waals surface area contributed by atoms with Crippen LogP contribution < -0.4 is 10.1 Å². The fourth-order valence-corrected chi connectivity index (χ4v) is 4.44. The molecular weight excluding hydrogens is 334 g/mol. The first-order chi connectivity index (χ1) is 12.3. The Bertz CT molecular complexity index is 861. The van der Waals surface area contributed by atoms with Crippen LogP contribution in [0.25, 0.3) is 10.2 Å². The first-order valence-corrected chi connectivity index (χ1v) is 9.36. The van der Waals surface area contributed by atoms with Crippen molar-refractivity contribution in [2.24, 2.45) is 0 Å². The van der Waals surface area contributed by atoms with Crippen molar-refractivity contribution in [2.45, 2.75) is 25.9 Å². The average Bonchev–Trinajstić information content (AvgIpc) is 3.23. The Kier molecular flexibility index (Phi) is 4.81. The Morgan fingerprint density at radius 2 is 2.04 bits per heavy atom. The highest BCUT2D eigenvalue weighted by Gasteiger charge is 2.20. The van der Waals surface area contributed by atoms with Gasteiger partial charge in [0.15, 0.2) is 0 Å². The molecule has 1 aromatic carbocycles. The minimum Gasteiger partial charge on any atom is -0.497 e. The van der Waals surface area contributed by atoms with Crippen LogP contribution in [0.15, 0.2) is 30.6 Å². The minimum atomic E-state index is 0.596. The van der Waals surface area contributed by atoms with Crippen LogP contribution in [0, 0.1) is 0 Å². The molecule has 0 spiro atoms. The number of rotatable bonds is 7. The number of thiophene rings is 1. The summed E-state index contributed by atoms with van der Waals surface area (Å²) in [6.07, 6.45) is 5.22. The van der Waals surface area contributed by atoms with Crippen LogP contribution in [0.1, 0.15) is 22.4 Å². The fourth-order valence-electron chi connectivity index (χ4n) is 3.22. The van der Waals surface area contributed by atoms with Gasteiger partial charge >= 0.3 is 0 Å². The number of hydrogen-bond donors (Lipinski definition) is 1. The van der Waals surface area contributed by atoms with Gasteiger partial charge in [-0.15, -0.1) is 11.3 Å². The summed E-state index contributed by atoms with van der Waals surface area (Å²) in [6, 6.07) is 7.95. The summed E-state index contributed by atoms with van der Waals surface area (Å²) in [7, 11) is 1.67. The number of aryl methyl sites for hydroxylation is 2. The Hall–Kier alpha value is -2.18. The van der Waals surface area contributed by atoms with Crippen molar-refractivity contribution in [1.29, 1.82) is 0 Å². The number of anilines is 1. The van der Waals surface area contributed by atoms with E-state index >= 15 is 0 Å². The van der Waals surface area contributed by atoms with Gasteiger partial charge in [-0.3, -0.25) is 0 Å². The summed E-state index contributed by atoms with van der Waals surface area (Å²) in [5.74, 6) is 1.80. The smallest absolute Gasteiger partial charge is 0.138 e. The summed E-state index contributed by atoms with van der Waals surface area (Å²) in [6.45, 7) is 1.95. The van der Waals surface area contributed by atoms with Crippen LogP contribution in [0.4, 0.5) is 5.82 Å². The number of hydrogen-bond acceptors (Lipinski definition) is 6. The van der Waals surface area contributed by atoms with Crippen LogP contribution >= 0.6 is 11.3 Å². The molecule has 0 atom stereocenters. The lowest BCUT2D eigenvalue weighted by molar-refractivity contribution is 0.130. The van der Waals surface area contributed by atoms with E-state index in [0.29, 0.717) is 13.2 Å². The molecule has 4 rings (SSSR count). The monoisotopic (exact) mass is 355 g/mol. The van der Waals surface area contributed by atoms with Gasteiger partial charge in [0.2, 0.25) is 0 Å². The van der Waals surface area contributed by atoms with Crippen LogP contribution in [-0.4, -0.2) is 30.2 Å². The lowest BCUT2D eigenvalue weighted by Crippen LogP contribution is -2.11. The zero-order valence-corrected chi connectivity index (χ0v) is 15.1. The molecule has 6 heteroatoms. The van der Waals surface area contributed by atoms with Gasteiger partial charge in [-0.05, 0) is 42.5 Å². The zero-order valence-electron chi connectivity index (χ0n) is 14.2. The van der Waals surface area contributed by atoms with Crippen molar-refractivity contribution in [2.75, 3.05) is 25.6 Å². The zero-order chi connectivity index (χ0) is 17.1. The molecule has 1 aliphatic carbocycles. The quantitative estimate of drug-likeness (QED) is 0.653. The molecule has 5 nitrogen and oxygen atoms in total. The highest BCUT2D eigenvalue weighted by Crippen LogP contribution is 2.38. The molecule has 0 amide bonds. The maximum absolute atomic E-state index is 5.76. The van der Waals surface area contributed by atoms with Crippen LogP contribution in [0.3, 0.4) is 0 Å². The number of methoxy groups -OCH3 is 1. The van der Waals surface area contributed by atoms with Crippen molar-refractivity contribution < 1.29 is 9.47 Å². The van der Waals surface area contributed by atoms with Crippen LogP contribution in [-0.2, 0) is 24.2 Å². The summed E-state index contributed by atoms with van der Waals surface area (Å²) in [5.41, 5.74) is 2.59. The highest BCUT2D eigenvalue weighted by molar-refractivity contribution is 7.19. The number of benzene rings is 1. The van der Waals surface area contributed by atoms with Crippen molar-refractivity contribution in [1.82, 2.24) is 9.97 Å². The predicted octanol–water partition coefficient (Wildman–Crippen LogP) is 3.82. The highest BCUT2D eigenvalue weighted by atomic mass is 32.1.